The van der Waals surface area contributed by atoms with E-state index in [2.05, 4.69) is 19.9 Å². The highest BCUT2D eigenvalue weighted by atomic mass is 19.1. The zero-order chi connectivity index (χ0) is 26.5. The summed E-state index contributed by atoms with van der Waals surface area (Å²) in [4.78, 5) is 19.6. The van der Waals surface area contributed by atoms with E-state index in [9.17, 15) is 4.39 Å². The lowest BCUT2D eigenvalue weighted by Crippen LogP contribution is -2.25. The highest BCUT2D eigenvalue weighted by Crippen LogP contribution is 2.29. The van der Waals surface area contributed by atoms with E-state index in [-0.39, 0.29) is 11.4 Å². The van der Waals surface area contributed by atoms with Crippen LogP contribution in [0.1, 0.15) is 28.8 Å². The Hall–Kier alpha value is -4.73. The van der Waals surface area contributed by atoms with Gasteiger partial charge in [-0.2, -0.15) is 14.4 Å². The molecule has 0 spiro atoms. The smallest absolute Gasteiger partial charge is 0.267 e. The van der Waals surface area contributed by atoms with Crippen LogP contribution in [0.2, 0.25) is 0 Å². The minimum Gasteiger partial charge on any atom is -0.497 e. The highest BCUT2D eigenvalue weighted by Gasteiger charge is 2.22. The molecule has 0 atom stereocenters. The Kier molecular flexibility index (Phi) is 7.30. The standard InChI is InChI=1S/C28H26FN5O4/c1-18-31-26(24-14-21(15-30-25(24)29)27-37-12-13-38-27)33-28(32-18)34(16-19-4-8-22(35-2)9-5-19)17-20-6-10-23(36-3)11-7-20/h4-15,27H,16-17H2,1-3H3. The zero-order valence-electron chi connectivity index (χ0n) is 21.2. The van der Waals surface area contributed by atoms with Crippen LogP contribution < -0.4 is 14.4 Å². The summed E-state index contributed by atoms with van der Waals surface area (Å²) in [6.45, 7) is 2.74. The van der Waals surface area contributed by atoms with Gasteiger partial charge in [0.05, 0.1) is 25.3 Å². The summed E-state index contributed by atoms with van der Waals surface area (Å²) in [6, 6.07) is 17.1. The molecule has 38 heavy (non-hydrogen) atoms. The van der Waals surface area contributed by atoms with E-state index in [0.717, 1.165) is 22.6 Å². The average Bonchev–Trinajstić information content (AvgIpc) is 3.49. The minimum atomic E-state index is -0.703. The first-order valence-electron chi connectivity index (χ1n) is 11.9. The number of aryl methyl sites for hydroxylation is 1. The summed E-state index contributed by atoms with van der Waals surface area (Å²) in [6.07, 6.45) is 3.51. The van der Waals surface area contributed by atoms with E-state index >= 15 is 0 Å². The predicted molar refractivity (Wildman–Crippen MR) is 138 cm³/mol. The molecule has 0 N–H and O–H groups in total. The van der Waals surface area contributed by atoms with E-state index < -0.39 is 12.2 Å². The van der Waals surface area contributed by atoms with Crippen LogP contribution in [0.4, 0.5) is 10.3 Å². The van der Waals surface area contributed by atoms with Crippen LogP contribution in [-0.4, -0.2) is 34.2 Å². The maximum atomic E-state index is 14.9. The number of anilines is 1. The van der Waals surface area contributed by atoms with E-state index in [4.69, 9.17) is 18.9 Å². The van der Waals surface area contributed by atoms with Crippen LogP contribution in [0.5, 0.6) is 11.5 Å². The Morgan fingerprint density at radius 1 is 0.842 bits per heavy atom. The molecule has 0 amide bonds. The molecule has 0 bridgehead atoms. The Labute approximate surface area is 219 Å². The molecule has 0 aliphatic carbocycles. The average molecular weight is 516 g/mol. The number of benzene rings is 2. The van der Waals surface area contributed by atoms with Gasteiger partial charge in [-0.3, -0.25) is 0 Å². The quantitative estimate of drug-likeness (QED) is 0.282. The van der Waals surface area contributed by atoms with Gasteiger partial charge < -0.3 is 23.8 Å². The molecule has 194 valence electrons. The second-order valence-electron chi connectivity index (χ2n) is 8.54. The molecule has 2 aromatic carbocycles. The second kappa shape index (κ2) is 11.1. The number of halogens is 1. The monoisotopic (exact) mass is 515 g/mol. The van der Waals surface area contributed by atoms with Crippen LogP contribution >= 0.6 is 0 Å². The lowest BCUT2D eigenvalue weighted by Gasteiger charge is -2.24. The fraction of sp³-hybridized carbons (Fsp3) is 0.214. The number of hydrogen-bond donors (Lipinski definition) is 0. The third-order valence-corrected chi connectivity index (χ3v) is 5.92. The Balaban J connectivity index is 1.51. The van der Waals surface area contributed by atoms with Gasteiger partial charge in [-0.25, -0.2) is 9.97 Å². The maximum Gasteiger partial charge on any atom is 0.267 e. The summed E-state index contributed by atoms with van der Waals surface area (Å²) in [7, 11) is 3.26. The van der Waals surface area contributed by atoms with Crippen molar-refractivity contribution < 1.29 is 23.3 Å². The van der Waals surface area contributed by atoms with Crippen molar-refractivity contribution in [2.45, 2.75) is 26.3 Å². The Morgan fingerprint density at radius 3 is 1.97 bits per heavy atom. The van der Waals surface area contributed by atoms with Gasteiger partial charge in [0.1, 0.15) is 29.8 Å². The number of pyridine rings is 1. The van der Waals surface area contributed by atoms with Crippen molar-refractivity contribution in [3.05, 3.63) is 102 Å². The highest BCUT2D eigenvalue weighted by molar-refractivity contribution is 5.57. The second-order valence-corrected chi connectivity index (χ2v) is 8.54. The van der Waals surface area contributed by atoms with Gasteiger partial charge in [0.25, 0.3) is 6.29 Å². The van der Waals surface area contributed by atoms with Crippen molar-refractivity contribution in [1.82, 2.24) is 19.9 Å². The van der Waals surface area contributed by atoms with Gasteiger partial charge >= 0.3 is 0 Å². The molecule has 5 rings (SSSR count). The zero-order valence-corrected chi connectivity index (χ0v) is 21.2. The number of nitrogens with zero attached hydrogens (tertiary/aromatic N) is 5. The van der Waals surface area contributed by atoms with Gasteiger partial charge in [0, 0.05) is 19.3 Å². The minimum absolute atomic E-state index is 0.127. The van der Waals surface area contributed by atoms with E-state index in [1.165, 1.54) is 18.7 Å². The van der Waals surface area contributed by atoms with Crippen molar-refractivity contribution in [3.8, 4) is 22.9 Å². The number of rotatable bonds is 9. The van der Waals surface area contributed by atoms with E-state index in [1.807, 2.05) is 53.4 Å². The van der Waals surface area contributed by atoms with Crippen LogP contribution in [0, 0.1) is 12.9 Å². The van der Waals surface area contributed by atoms with Crippen LogP contribution in [-0.2, 0) is 22.6 Å². The summed E-state index contributed by atoms with van der Waals surface area (Å²) in [5.74, 6) is 1.84. The Morgan fingerprint density at radius 2 is 1.42 bits per heavy atom. The van der Waals surface area contributed by atoms with Crippen LogP contribution in [0.25, 0.3) is 11.4 Å². The summed E-state index contributed by atoms with van der Waals surface area (Å²) in [5.41, 5.74) is 2.72. The molecule has 10 heteroatoms. The maximum absolute atomic E-state index is 14.9. The first-order valence-corrected chi connectivity index (χ1v) is 11.9. The third-order valence-electron chi connectivity index (χ3n) is 5.92. The van der Waals surface area contributed by atoms with Crippen molar-refractivity contribution in [1.29, 1.82) is 0 Å². The van der Waals surface area contributed by atoms with Crippen molar-refractivity contribution in [2.75, 3.05) is 19.1 Å². The van der Waals surface area contributed by atoms with E-state index in [1.54, 1.807) is 27.2 Å². The topological polar surface area (TPSA) is 91.7 Å². The molecule has 1 aliphatic heterocycles. The molecule has 0 fully saturated rings. The lowest BCUT2D eigenvalue weighted by molar-refractivity contribution is -0.0248. The van der Waals surface area contributed by atoms with Gasteiger partial charge in [-0.1, -0.05) is 24.3 Å². The molecule has 1 aliphatic rings. The van der Waals surface area contributed by atoms with Crippen molar-refractivity contribution >= 4 is 5.95 Å². The van der Waals surface area contributed by atoms with Gasteiger partial charge in [0.2, 0.25) is 11.9 Å². The van der Waals surface area contributed by atoms with Crippen molar-refractivity contribution in [3.63, 3.8) is 0 Å². The molecule has 9 nitrogen and oxygen atoms in total. The summed E-state index contributed by atoms with van der Waals surface area (Å²) >= 11 is 0. The van der Waals surface area contributed by atoms with Gasteiger partial charge in [-0.15, -0.1) is 0 Å². The molecule has 0 saturated heterocycles. The van der Waals surface area contributed by atoms with Gasteiger partial charge in [0.15, 0.2) is 5.82 Å². The lowest BCUT2D eigenvalue weighted by atomic mass is 10.1. The SMILES string of the molecule is COc1ccc(CN(Cc2ccc(OC)cc2)c2nc(C)nc(-c3cc(C4OC=CO4)cnc3F)n2)cc1. The molecule has 4 aromatic rings. The van der Waals surface area contributed by atoms with Crippen LogP contribution in [0.15, 0.2) is 73.3 Å². The van der Waals surface area contributed by atoms with E-state index in [0.29, 0.717) is 30.4 Å². The third kappa shape index (κ3) is 5.64. The fourth-order valence-corrected chi connectivity index (χ4v) is 3.98. The normalized spacial score (nSPS) is 12.6. The largest absolute Gasteiger partial charge is 0.497 e. The first-order chi connectivity index (χ1) is 18.5. The molecule has 2 aromatic heterocycles. The van der Waals surface area contributed by atoms with Gasteiger partial charge in [-0.05, 0) is 48.4 Å². The predicted octanol–water partition coefficient (Wildman–Crippen LogP) is 5.12. The summed E-state index contributed by atoms with van der Waals surface area (Å²) < 4.78 is 36.2. The van der Waals surface area contributed by atoms with Crippen molar-refractivity contribution in [2.24, 2.45) is 0 Å². The Bertz CT molecular complexity index is 1370. The molecule has 3 heterocycles. The molecule has 0 unspecified atom stereocenters. The molecule has 0 radical (unpaired) electrons. The number of methoxy groups -OCH3 is 2. The first kappa shape index (κ1) is 24.9. The number of ether oxygens (including phenoxy) is 4. The molecular weight excluding hydrogens is 489 g/mol. The number of hydrogen-bond acceptors (Lipinski definition) is 9. The summed E-state index contributed by atoms with van der Waals surface area (Å²) in [5, 5.41) is 0. The van der Waals surface area contributed by atoms with Crippen LogP contribution in [0.3, 0.4) is 0 Å². The fourth-order valence-electron chi connectivity index (χ4n) is 3.98. The number of aromatic nitrogens is 4. The molecular formula is C28H26FN5O4. The molecule has 0 saturated carbocycles.